The fourth-order valence-corrected chi connectivity index (χ4v) is 2.12. The Morgan fingerprint density at radius 1 is 1.15 bits per heavy atom. The molecule has 100 valence electrons. The highest BCUT2D eigenvalue weighted by atomic mass is 16.5. The summed E-state index contributed by atoms with van der Waals surface area (Å²) in [6, 6.07) is 7.11. The molecule has 0 unspecified atom stereocenters. The number of carbonyl (C=O) groups is 2. The van der Waals surface area contributed by atoms with Crippen molar-refractivity contribution in [3.05, 3.63) is 47.8 Å². The van der Waals surface area contributed by atoms with E-state index in [1.165, 1.54) is 6.20 Å². The quantitative estimate of drug-likeness (QED) is 0.869. The zero-order valence-corrected chi connectivity index (χ0v) is 10.6. The van der Waals surface area contributed by atoms with Crippen LogP contribution in [0.15, 0.2) is 36.7 Å². The van der Waals surface area contributed by atoms with Crippen molar-refractivity contribution in [1.29, 1.82) is 0 Å². The third kappa shape index (κ3) is 2.51. The van der Waals surface area contributed by atoms with Gasteiger partial charge in [-0.1, -0.05) is 0 Å². The Kier molecular flexibility index (Phi) is 3.16. The lowest BCUT2D eigenvalue weighted by Gasteiger charge is -2.17. The fraction of sp³-hybridized carbons (Fsp3) is 0.133. The summed E-state index contributed by atoms with van der Waals surface area (Å²) in [5.74, 6) is 1.20. The molecule has 0 spiro atoms. The van der Waals surface area contributed by atoms with E-state index >= 15 is 0 Å². The SMILES string of the molecule is O=Cc1cncc(Oc2ccc3c(c2)CCC(=O)N3)c1. The number of anilines is 1. The summed E-state index contributed by atoms with van der Waals surface area (Å²) in [4.78, 5) is 25.9. The van der Waals surface area contributed by atoms with Gasteiger partial charge in [0.25, 0.3) is 0 Å². The molecular formula is C15H12N2O3. The average Bonchev–Trinajstić information content (AvgIpc) is 2.47. The zero-order chi connectivity index (χ0) is 13.9. The number of nitrogens with zero attached hydrogens (tertiary/aromatic N) is 1. The van der Waals surface area contributed by atoms with Crippen molar-refractivity contribution in [2.75, 3.05) is 5.32 Å². The monoisotopic (exact) mass is 268 g/mol. The van der Waals surface area contributed by atoms with E-state index in [2.05, 4.69) is 10.3 Å². The average molecular weight is 268 g/mol. The molecule has 1 amide bonds. The maximum absolute atomic E-state index is 11.3. The van der Waals surface area contributed by atoms with Crippen molar-refractivity contribution in [3.63, 3.8) is 0 Å². The minimum Gasteiger partial charge on any atom is -0.456 e. The van der Waals surface area contributed by atoms with Crippen molar-refractivity contribution in [2.24, 2.45) is 0 Å². The standard InChI is InChI=1S/C15H12N2O3/c18-9-10-5-13(8-16-7-10)20-12-2-3-14-11(6-12)1-4-15(19)17-14/h2-3,5-9H,1,4H2,(H,17,19). The number of benzene rings is 1. The van der Waals surface area contributed by atoms with Crippen LogP contribution >= 0.6 is 0 Å². The number of aldehydes is 1. The van der Waals surface area contributed by atoms with Gasteiger partial charge >= 0.3 is 0 Å². The minimum atomic E-state index is 0.0362. The van der Waals surface area contributed by atoms with Gasteiger partial charge in [0.05, 0.1) is 6.20 Å². The molecule has 5 nitrogen and oxygen atoms in total. The molecule has 5 heteroatoms. The van der Waals surface area contributed by atoms with Gasteiger partial charge in [-0.05, 0) is 36.2 Å². The first-order chi connectivity index (χ1) is 9.74. The van der Waals surface area contributed by atoms with Crippen LogP contribution in [0.25, 0.3) is 0 Å². The first kappa shape index (κ1) is 12.3. The summed E-state index contributed by atoms with van der Waals surface area (Å²) in [6.45, 7) is 0. The second-order valence-electron chi connectivity index (χ2n) is 4.54. The van der Waals surface area contributed by atoms with Crippen molar-refractivity contribution >= 4 is 17.9 Å². The Labute approximate surface area is 115 Å². The first-order valence-electron chi connectivity index (χ1n) is 6.25. The van der Waals surface area contributed by atoms with Gasteiger partial charge in [-0.3, -0.25) is 14.6 Å². The highest BCUT2D eigenvalue weighted by molar-refractivity contribution is 5.94. The Bertz CT molecular complexity index is 683. The lowest BCUT2D eigenvalue weighted by molar-refractivity contribution is -0.116. The molecule has 0 radical (unpaired) electrons. The molecule has 2 aromatic rings. The number of aryl methyl sites for hydroxylation is 1. The summed E-state index contributed by atoms with van der Waals surface area (Å²) in [7, 11) is 0. The number of hydrogen-bond acceptors (Lipinski definition) is 4. The largest absolute Gasteiger partial charge is 0.456 e. The predicted octanol–water partition coefficient (Wildman–Crippen LogP) is 2.57. The minimum absolute atomic E-state index is 0.0362. The molecule has 1 aromatic heterocycles. The van der Waals surface area contributed by atoms with Crippen molar-refractivity contribution in [1.82, 2.24) is 4.98 Å². The number of nitrogens with one attached hydrogen (secondary N) is 1. The van der Waals surface area contributed by atoms with Crippen LogP contribution in [-0.2, 0) is 11.2 Å². The number of hydrogen-bond donors (Lipinski definition) is 1. The Morgan fingerprint density at radius 2 is 2.05 bits per heavy atom. The van der Waals surface area contributed by atoms with Crippen LogP contribution in [-0.4, -0.2) is 17.2 Å². The van der Waals surface area contributed by atoms with Gasteiger partial charge in [-0.25, -0.2) is 0 Å². The smallest absolute Gasteiger partial charge is 0.224 e. The maximum Gasteiger partial charge on any atom is 0.224 e. The third-order valence-corrected chi connectivity index (χ3v) is 3.08. The van der Waals surface area contributed by atoms with Crippen LogP contribution < -0.4 is 10.1 Å². The molecule has 1 aliphatic heterocycles. The Balaban J connectivity index is 1.84. The zero-order valence-electron chi connectivity index (χ0n) is 10.6. The molecule has 1 aromatic carbocycles. The van der Waals surface area contributed by atoms with Gasteiger partial charge in [0.1, 0.15) is 11.5 Å². The van der Waals surface area contributed by atoms with E-state index in [9.17, 15) is 9.59 Å². The van der Waals surface area contributed by atoms with Gasteiger partial charge in [-0.2, -0.15) is 0 Å². The van der Waals surface area contributed by atoms with Crippen LogP contribution in [0.3, 0.4) is 0 Å². The van der Waals surface area contributed by atoms with Gasteiger partial charge in [0.15, 0.2) is 6.29 Å². The van der Waals surface area contributed by atoms with Gasteiger partial charge in [0, 0.05) is 23.9 Å². The van der Waals surface area contributed by atoms with Crippen LogP contribution in [0.5, 0.6) is 11.5 Å². The molecule has 0 saturated carbocycles. The number of fused-ring (bicyclic) bond motifs is 1. The lowest BCUT2D eigenvalue weighted by Crippen LogP contribution is -2.18. The van der Waals surface area contributed by atoms with Crippen LogP contribution in [0.1, 0.15) is 22.3 Å². The molecular weight excluding hydrogens is 256 g/mol. The molecule has 0 saturated heterocycles. The second kappa shape index (κ2) is 5.13. The fourth-order valence-electron chi connectivity index (χ4n) is 2.12. The number of ether oxygens (including phenoxy) is 1. The first-order valence-corrected chi connectivity index (χ1v) is 6.25. The second-order valence-corrected chi connectivity index (χ2v) is 4.54. The molecule has 2 heterocycles. The van der Waals surface area contributed by atoms with Gasteiger partial charge in [-0.15, -0.1) is 0 Å². The van der Waals surface area contributed by atoms with Crippen LogP contribution in [0.4, 0.5) is 5.69 Å². The predicted molar refractivity (Wildman–Crippen MR) is 73.1 cm³/mol. The van der Waals surface area contributed by atoms with E-state index in [1.54, 1.807) is 18.3 Å². The summed E-state index contributed by atoms with van der Waals surface area (Å²) < 4.78 is 5.68. The highest BCUT2D eigenvalue weighted by Crippen LogP contribution is 2.29. The lowest BCUT2D eigenvalue weighted by atomic mass is 10.0. The third-order valence-electron chi connectivity index (χ3n) is 3.08. The highest BCUT2D eigenvalue weighted by Gasteiger charge is 2.15. The molecule has 1 N–H and O–H groups in total. The number of carbonyl (C=O) groups excluding carboxylic acids is 2. The van der Waals surface area contributed by atoms with Crippen LogP contribution in [0.2, 0.25) is 0 Å². The number of rotatable bonds is 3. The maximum atomic E-state index is 11.3. The van der Waals surface area contributed by atoms with Gasteiger partial charge < -0.3 is 10.1 Å². The molecule has 3 rings (SSSR count). The topological polar surface area (TPSA) is 68.3 Å². The molecule has 1 aliphatic rings. The van der Waals surface area contributed by atoms with E-state index in [0.29, 0.717) is 29.9 Å². The van der Waals surface area contributed by atoms with Crippen LogP contribution in [0, 0.1) is 0 Å². The number of aromatic nitrogens is 1. The summed E-state index contributed by atoms with van der Waals surface area (Å²) in [6.07, 6.45) is 4.93. The molecule has 0 fully saturated rings. The molecule has 0 aliphatic carbocycles. The molecule has 0 bridgehead atoms. The van der Waals surface area contributed by atoms with Crippen molar-refractivity contribution in [3.8, 4) is 11.5 Å². The van der Waals surface area contributed by atoms with E-state index in [1.807, 2.05) is 12.1 Å². The number of pyridine rings is 1. The Hall–Kier alpha value is -2.69. The molecule has 20 heavy (non-hydrogen) atoms. The van der Waals surface area contributed by atoms with E-state index < -0.39 is 0 Å². The van der Waals surface area contributed by atoms with Crippen molar-refractivity contribution < 1.29 is 14.3 Å². The summed E-state index contributed by atoms with van der Waals surface area (Å²) in [5, 5.41) is 2.82. The van der Waals surface area contributed by atoms with E-state index in [-0.39, 0.29) is 5.91 Å². The van der Waals surface area contributed by atoms with Gasteiger partial charge in [0.2, 0.25) is 5.91 Å². The van der Waals surface area contributed by atoms with E-state index in [0.717, 1.165) is 17.5 Å². The normalized spacial score (nSPS) is 13.3. The summed E-state index contributed by atoms with van der Waals surface area (Å²) in [5.41, 5.74) is 2.34. The Morgan fingerprint density at radius 3 is 2.90 bits per heavy atom. The van der Waals surface area contributed by atoms with Crippen molar-refractivity contribution in [2.45, 2.75) is 12.8 Å². The summed E-state index contributed by atoms with van der Waals surface area (Å²) >= 11 is 0. The van der Waals surface area contributed by atoms with E-state index in [4.69, 9.17) is 4.74 Å². The number of amides is 1. The molecule has 0 atom stereocenters.